The number of hydrogen-bond acceptors (Lipinski definition) is 3. The topological polar surface area (TPSA) is 84.2 Å². The molecule has 0 fully saturated rings. The summed E-state index contributed by atoms with van der Waals surface area (Å²) >= 11 is 0. The van der Waals surface area contributed by atoms with Crippen LogP contribution < -0.4 is 16.4 Å². The molecule has 20 heavy (non-hydrogen) atoms. The Morgan fingerprint density at radius 2 is 1.80 bits per heavy atom. The Morgan fingerprint density at radius 1 is 1.20 bits per heavy atom. The highest BCUT2D eigenvalue weighted by atomic mass is 35.5. The highest BCUT2D eigenvalue weighted by Crippen LogP contribution is 2.15. The zero-order chi connectivity index (χ0) is 14.9. The monoisotopic (exact) mass is 307 g/mol. The van der Waals surface area contributed by atoms with Crippen LogP contribution in [0.2, 0.25) is 0 Å². The molecule has 1 atom stereocenters. The van der Waals surface area contributed by atoms with Crippen LogP contribution in [0.4, 0.5) is 0 Å². The quantitative estimate of drug-likeness (QED) is 0.566. The van der Waals surface area contributed by atoms with Crippen LogP contribution in [-0.4, -0.2) is 30.4 Å². The lowest BCUT2D eigenvalue weighted by Gasteiger charge is -2.33. The fourth-order valence-electron chi connectivity index (χ4n) is 1.66. The third-order valence-corrected chi connectivity index (χ3v) is 3.58. The van der Waals surface area contributed by atoms with E-state index in [1.54, 1.807) is 0 Å². The Kier molecular flexibility index (Phi) is 11.7. The van der Waals surface area contributed by atoms with Gasteiger partial charge in [-0.2, -0.15) is 0 Å². The molecule has 0 radical (unpaired) electrons. The molecule has 0 spiro atoms. The first kappa shape index (κ1) is 21.5. The second-order valence-corrected chi connectivity index (χ2v) is 5.62. The lowest BCUT2D eigenvalue weighted by Crippen LogP contribution is -2.54. The minimum Gasteiger partial charge on any atom is -0.356 e. The van der Waals surface area contributed by atoms with Gasteiger partial charge in [0, 0.05) is 26.4 Å². The molecule has 0 bridgehead atoms. The summed E-state index contributed by atoms with van der Waals surface area (Å²) in [7, 11) is 0. The van der Waals surface area contributed by atoms with Gasteiger partial charge in [-0.25, -0.2) is 0 Å². The van der Waals surface area contributed by atoms with E-state index in [4.69, 9.17) is 5.73 Å². The Balaban J connectivity index is 0. The van der Waals surface area contributed by atoms with Gasteiger partial charge in [0.25, 0.3) is 0 Å². The summed E-state index contributed by atoms with van der Waals surface area (Å²) in [4.78, 5) is 22.5. The third-order valence-electron chi connectivity index (χ3n) is 3.58. The van der Waals surface area contributed by atoms with Crippen molar-refractivity contribution >= 4 is 24.2 Å². The first-order chi connectivity index (χ1) is 8.81. The summed E-state index contributed by atoms with van der Waals surface area (Å²) in [5.41, 5.74) is 5.40. The zero-order valence-electron chi connectivity index (χ0n) is 13.1. The molecule has 0 heterocycles. The number of unbranched alkanes of at least 4 members (excludes halogenated alkanes) is 2. The fraction of sp³-hybridized carbons (Fsp3) is 0.857. The molecular weight excluding hydrogens is 278 g/mol. The van der Waals surface area contributed by atoms with Gasteiger partial charge in [-0.15, -0.1) is 12.4 Å². The van der Waals surface area contributed by atoms with Crippen molar-refractivity contribution in [2.75, 3.05) is 13.1 Å². The first-order valence-electron chi connectivity index (χ1n) is 7.07. The number of nitrogens with two attached hydrogens (primary N) is 1. The summed E-state index contributed by atoms with van der Waals surface area (Å²) in [6.45, 7) is 8.73. The van der Waals surface area contributed by atoms with Crippen LogP contribution in [-0.2, 0) is 9.59 Å². The molecule has 1 unspecified atom stereocenters. The lowest BCUT2D eigenvalue weighted by molar-refractivity contribution is -0.123. The smallest absolute Gasteiger partial charge is 0.220 e. The van der Waals surface area contributed by atoms with E-state index >= 15 is 0 Å². The van der Waals surface area contributed by atoms with Gasteiger partial charge >= 0.3 is 0 Å². The minimum absolute atomic E-state index is 0. The normalized spacial score (nSPS) is 13.3. The van der Waals surface area contributed by atoms with Crippen LogP contribution in [0.25, 0.3) is 0 Å². The molecule has 0 aromatic heterocycles. The van der Waals surface area contributed by atoms with Crippen molar-refractivity contribution in [3.8, 4) is 0 Å². The number of nitrogens with one attached hydrogen (secondary N) is 2. The van der Waals surface area contributed by atoms with Crippen LogP contribution in [0.1, 0.15) is 53.4 Å². The van der Waals surface area contributed by atoms with Crippen molar-refractivity contribution in [2.24, 2.45) is 11.7 Å². The summed E-state index contributed by atoms with van der Waals surface area (Å²) in [5, 5.41) is 5.76. The summed E-state index contributed by atoms with van der Waals surface area (Å²) in [6.07, 6.45) is 3.20. The first-order valence-corrected chi connectivity index (χ1v) is 7.07. The fourth-order valence-corrected chi connectivity index (χ4v) is 1.66. The highest BCUT2D eigenvalue weighted by molar-refractivity contribution is 5.85. The van der Waals surface area contributed by atoms with Gasteiger partial charge < -0.3 is 16.4 Å². The maximum atomic E-state index is 11.8. The maximum Gasteiger partial charge on any atom is 0.220 e. The van der Waals surface area contributed by atoms with Crippen LogP contribution in [0.15, 0.2) is 0 Å². The van der Waals surface area contributed by atoms with Crippen molar-refractivity contribution in [1.29, 1.82) is 0 Å². The number of carbonyl (C=O) groups excluding carboxylic acids is 2. The number of halogens is 1. The SMILES string of the molecule is CC(=O)NCCCCCC(=O)NC(C)(CN)C(C)C.Cl. The molecule has 6 heteroatoms. The van der Waals surface area contributed by atoms with E-state index in [-0.39, 0.29) is 29.8 Å². The summed E-state index contributed by atoms with van der Waals surface area (Å²) in [5.74, 6) is 0.357. The molecule has 2 amide bonds. The van der Waals surface area contributed by atoms with Crippen LogP contribution in [0, 0.1) is 5.92 Å². The number of rotatable bonds is 9. The van der Waals surface area contributed by atoms with Gasteiger partial charge in [0.1, 0.15) is 0 Å². The van der Waals surface area contributed by atoms with Crippen molar-refractivity contribution < 1.29 is 9.59 Å². The van der Waals surface area contributed by atoms with Gasteiger partial charge in [0.2, 0.25) is 11.8 Å². The van der Waals surface area contributed by atoms with Crippen LogP contribution >= 0.6 is 12.4 Å². The number of carbonyl (C=O) groups is 2. The van der Waals surface area contributed by atoms with Crippen molar-refractivity contribution in [3.05, 3.63) is 0 Å². The number of hydrogen-bond donors (Lipinski definition) is 3. The van der Waals surface area contributed by atoms with Gasteiger partial charge in [-0.05, 0) is 25.7 Å². The summed E-state index contributed by atoms with van der Waals surface area (Å²) < 4.78 is 0. The highest BCUT2D eigenvalue weighted by Gasteiger charge is 2.27. The molecule has 0 saturated heterocycles. The van der Waals surface area contributed by atoms with Crippen molar-refractivity contribution in [1.82, 2.24) is 10.6 Å². The van der Waals surface area contributed by atoms with Crippen LogP contribution in [0.5, 0.6) is 0 Å². The van der Waals surface area contributed by atoms with Crippen molar-refractivity contribution in [2.45, 2.75) is 58.9 Å². The molecule has 0 aliphatic rings. The average Bonchev–Trinajstić information content (AvgIpc) is 2.32. The second-order valence-electron chi connectivity index (χ2n) is 5.62. The molecule has 120 valence electrons. The second kappa shape index (κ2) is 10.9. The van der Waals surface area contributed by atoms with E-state index in [2.05, 4.69) is 24.5 Å². The molecule has 5 nitrogen and oxygen atoms in total. The molecule has 0 rings (SSSR count). The average molecular weight is 308 g/mol. The number of amides is 2. The molecule has 0 aliphatic carbocycles. The van der Waals surface area contributed by atoms with E-state index in [1.165, 1.54) is 6.92 Å². The molecule has 4 N–H and O–H groups in total. The predicted molar refractivity (Wildman–Crippen MR) is 84.8 cm³/mol. The molecule has 0 aromatic rings. The van der Waals surface area contributed by atoms with Gasteiger partial charge in [-0.3, -0.25) is 9.59 Å². The Hall–Kier alpha value is -0.810. The van der Waals surface area contributed by atoms with E-state index < -0.39 is 0 Å². The maximum absolute atomic E-state index is 11.8. The minimum atomic E-state index is -0.326. The Morgan fingerprint density at radius 3 is 2.25 bits per heavy atom. The Bertz CT molecular complexity index is 298. The predicted octanol–water partition coefficient (Wildman–Crippen LogP) is 1.59. The molecular formula is C14H30ClN3O2. The summed E-state index contributed by atoms with van der Waals surface area (Å²) in [6, 6.07) is 0. The largest absolute Gasteiger partial charge is 0.356 e. The van der Waals surface area contributed by atoms with E-state index in [0.29, 0.717) is 25.4 Å². The van der Waals surface area contributed by atoms with Crippen LogP contribution in [0.3, 0.4) is 0 Å². The zero-order valence-corrected chi connectivity index (χ0v) is 13.9. The van der Waals surface area contributed by atoms with Crippen molar-refractivity contribution in [3.63, 3.8) is 0 Å². The third kappa shape index (κ3) is 9.15. The molecule has 0 aromatic carbocycles. The molecule has 0 saturated carbocycles. The Labute approximate surface area is 128 Å². The standard InChI is InChI=1S/C14H29N3O2.ClH/c1-11(2)14(4,10-15)17-13(19)8-6-5-7-9-16-12(3)18;/h11H,5-10,15H2,1-4H3,(H,16,18)(H,17,19);1H. The van der Waals surface area contributed by atoms with E-state index in [1.807, 2.05) is 6.92 Å². The van der Waals surface area contributed by atoms with Gasteiger partial charge in [-0.1, -0.05) is 20.3 Å². The van der Waals surface area contributed by atoms with Gasteiger partial charge in [0.05, 0.1) is 5.54 Å². The lowest BCUT2D eigenvalue weighted by atomic mass is 9.88. The molecule has 0 aliphatic heterocycles. The van der Waals surface area contributed by atoms with E-state index in [9.17, 15) is 9.59 Å². The van der Waals surface area contributed by atoms with Gasteiger partial charge in [0.15, 0.2) is 0 Å². The van der Waals surface area contributed by atoms with E-state index in [0.717, 1.165) is 19.3 Å².